The molecule has 0 spiro atoms. The van der Waals surface area contributed by atoms with Gasteiger partial charge in [-0.3, -0.25) is 0 Å². The number of anilines is 1. The van der Waals surface area contributed by atoms with Crippen LogP contribution in [0.4, 0.5) is 5.69 Å². The first-order chi connectivity index (χ1) is 24.0. The van der Waals surface area contributed by atoms with Crippen molar-refractivity contribution in [2.45, 2.75) is 20.7 Å². The van der Waals surface area contributed by atoms with Gasteiger partial charge in [0.15, 0.2) is 0 Å². The van der Waals surface area contributed by atoms with Crippen LogP contribution < -0.4 is 4.90 Å². The first-order valence-corrected chi connectivity index (χ1v) is 16.6. The molecule has 0 aliphatic carbocycles. The third-order valence-corrected chi connectivity index (χ3v) is 8.94. The molecule has 6 aromatic carbocycles. The van der Waals surface area contributed by atoms with Crippen LogP contribution in [0.5, 0.6) is 0 Å². The zero-order valence-corrected chi connectivity index (χ0v) is 28.1. The van der Waals surface area contributed by atoms with Gasteiger partial charge >= 0.3 is 254 Å². The van der Waals surface area contributed by atoms with Gasteiger partial charge < -0.3 is 0 Å². The predicted molar refractivity (Wildman–Crippen MR) is 207 cm³/mol. The van der Waals surface area contributed by atoms with E-state index in [9.17, 15) is 0 Å². The molecule has 7 rings (SSSR count). The molecule has 0 aliphatic heterocycles. The van der Waals surface area contributed by atoms with Gasteiger partial charge in [-0.15, -0.1) is 0 Å². The number of aromatic nitrogens is 3. The van der Waals surface area contributed by atoms with Gasteiger partial charge in [-0.25, -0.2) is 0 Å². The average Bonchev–Trinajstić information content (AvgIpc) is 3.61. The predicted octanol–water partition coefficient (Wildman–Crippen LogP) is 10.3. The third kappa shape index (κ3) is 6.31. The summed E-state index contributed by atoms with van der Waals surface area (Å²) in [5.74, 6) is 1.59. The van der Waals surface area contributed by atoms with Crippen LogP contribution in [0.1, 0.15) is 22.3 Å². The molecule has 0 saturated heterocycles. The molecular weight excluding hydrogens is 595 g/mol. The summed E-state index contributed by atoms with van der Waals surface area (Å²) in [5, 5.41) is 9.43. The quantitative estimate of drug-likeness (QED) is 0.149. The molecule has 49 heavy (non-hydrogen) atoms. The topological polar surface area (TPSA) is 34.0 Å². The van der Waals surface area contributed by atoms with Crippen molar-refractivity contribution in [3.05, 3.63) is 187 Å². The zero-order chi connectivity index (χ0) is 33.7. The van der Waals surface area contributed by atoms with Gasteiger partial charge in [0.05, 0.1) is 0 Å². The summed E-state index contributed by atoms with van der Waals surface area (Å²) in [5.41, 5.74) is 12.9. The fourth-order valence-electron chi connectivity index (χ4n) is 6.39. The van der Waals surface area contributed by atoms with Crippen LogP contribution in [-0.2, 0) is 0 Å². The molecule has 0 N–H and O–H groups in total. The second-order valence-corrected chi connectivity index (χ2v) is 12.1. The molecule has 0 radical (unpaired) electrons. The Morgan fingerprint density at radius 2 is 1.04 bits per heavy atom. The second-order valence-electron chi connectivity index (χ2n) is 12.1. The Morgan fingerprint density at radius 1 is 0.571 bits per heavy atom. The first-order valence-electron chi connectivity index (χ1n) is 16.6. The first kappa shape index (κ1) is 31.5. The number of nitrogens with zero attached hydrogens (tertiary/aromatic N) is 4. The standard InChI is InChI=1S/C44H37BN4/c1-31-25-27-38(48(33(3)34-17-9-5-10-18-34)42(45-4)35-19-11-6-12-20-35)29-40(31)41-30-39(28-26-32(41)2)49-43(36-21-13-7-14-22-36)46-47-44(49)37-23-15-8-16-24-37/h5-30H,3H2,1-2,4H3. The van der Waals surface area contributed by atoms with E-state index in [1.54, 1.807) is 0 Å². The monoisotopic (exact) mass is 632 g/mol. The van der Waals surface area contributed by atoms with Gasteiger partial charge in [0.2, 0.25) is 0 Å². The second kappa shape index (κ2) is 14.0. The number of benzene rings is 6. The Kier molecular flexibility index (Phi) is 8.99. The molecule has 0 unspecified atom stereocenters. The number of aryl methyl sites for hydroxylation is 2. The SMILES string of the molecule is C=C(c1ccccc1)N(C(=BC)c1ccccc1)c1ccc(C)c(-c2cc(-n3c(-c4ccccc4)nnc3-c3ccccc3)ccc2C)c1. The van der Waals surface area contributed by atoms with E-state index in [0.717, 1.165) is 67.7 Å². The molecule has 0 fully saturated rings. The zero-order valence-electron chi connectivity index (χ0n) is 28.1. The van der Waals surface area contributed by atoms with E-state index < -0.39 is 0 Å². The number of hydrogen-bond acceptors (Lipinski definition) is 3. The molecule has 4 nitrogen and oxygen atoms in total. The number of hydrogen-bond donors (Lipinski definition) is 0. The van der Waals surface area contributed by atoms with Crippen LogP contribution in [0.2, 0.25) is 6.82 Å². The summed E-state index contributed by atoms with van der Waals surface area (Å²) >= 11 is 0. The normalized spacial score (nSPS) is 11.2. The van der Waals surface area contributed by atoms with Gasteiger partial charge in [-0.1, -0.05) is 36.4 Å². The summed E-state index contributed by atoms with van der Waals surface area (Å²) in [7, 11) is 0. The summed E-state index contributed by atoms with van der Waals surface area (Å²) in [6, 6.07) is 54.8. The fraction of sp³-hybridized carbons (Fsp3) is 0.0682. The molecule has 0 atom stereocenters. The van der Waals surface area contributed by atoms with Crippen molar-refractivity contribution >= 4 is 23.9 Å². The van der Waals surface area contributed by atoms with Crippen molar-refractivity contribution in [1.29, 1.82) is 0 Å². The summed E-state index contributed by atoms with van der Waals surface area (Å²) in [6.07, 6.45) is 0. The molecule has 0 aliphatic rings. The van der Waals surface area contributed by atoms with E-state index in [4.69, 9.17) is 10.2 Å². The van der Waals surface area contributed by atoms with Gasteiger partial charge in [-0.2, -0.15) is 0 Å². The molecule has 0 saturated carbocycles. The fourth-order valence-corrected chi connectivity index (χ4v) is 6.39. The molecular formula is C44H37BN4. The summed E-state index contributed by atoms with van der Waals surface area (Å²) in [6.45, 7) is 13.2. The molecule has 1 aromatic heterocycles. The van der Waals surface area contributed by atoms with Crippen molar-refractivity contribution in [1.82, 2.24) is 14.8 Å². The molecule has 1 heterocycles. The Bertz CT molecular complexity index is 2200. The van der Waals surface area contributed by atoms with Crippen LogP contribution in [-0.4, -0.2) is 27.3 Å². The van der Waals surface area contributed by atoms with Crippen molar-refractivity contribution in [3.63, 3.8) is 0 Å². The third-order valence-electron chi connectivity index (χ3n) is 8.94. The van der Waals surface area contributed by atoms with E-state index in [1.165, 1.54) is 11.1 Å². The van der Waals surface area contributed by atoms with Gasteiger partial charge in [-0.05, 0) is 0 Å². The van der Waals surface area contributed by atoms with Crippen LogP contribution in [0.25, 0.3) is 45.3 Å². The van der Waals surface area contributed by atoms with E-state index in [0.29, 0.717) is 0 Å². The van der Waals surface area contributed by atoms with Gasteiger partial charge in [0, 0.05) is 0 Å². The average molecular weight is 633 g/mol. The minimum atomic E-state index is 0.797. The van der Waals surface area contributed by atoms with Crippen LogP contribution in [0, 0.1) is 13.8 Å². The molecule has 0 amide bonds. The van der Waals surface area contributed by atoms with Crippen LogP contribution in [0.15, 0.2) is 164 Å². The summed E-state index contributed by atoms with van der Waals surface area (Å²) in [4.78, 5) is 2.27. The Morgan fingerprint density at radius 3 is 1.57 bits per heavy atom. The van der Waals surface area contributed by atoms with E-state index >= 15 is 0 Å². The maximum atomic E-state index is 4.72. The molecule has 0 bridgehead atoms. The summed E-state index contributed by atoms with van der Waals surface area (Å²) < 4.78 is 2.17. The van der Waals surface area contributed by atoms with Gasteiger partial charge in [0.1, 0.15) is 0 Å². The van der Waals surface area contributed by atoms with Crippen molar-refractivity contribution in [2.75, 3.05) is 4.90 Å². The van der Waals surface area contributed by atoms with Crippen molar-refractivity contribution in [3.8, 4) is 39.6 Å². The number of rotatable bonds is 9. The van der Waals surface area contributed by atoms with Gasteiger partial charge in [0.25, 0.3) is 0 Å². The van der Waals surface area contributed by atoms with E-state index in [1.807, 2.05) is 42.5 Å². The van der Waals surface area contributed by atoms with E-state index in [-0.39, 0.29) is 0 Å². The Labute approximate surface area is 289 Å². The molecule has 7 aromatic rings. The van der Waals surface area contributed by atoms with Crippen LogP contribution in [0.3, 0.4) is 0 Å². The van der Waals surface area contributed by atoms with Crippen molar-refractivity contribution in [2.24, 2.45) is 0 Å². The van der Waals surface area contributed by atoms with Crippen LogP contribution >= 0.6 is 0 Å². The Balaban J connectivity index is 1.40. The molecule has 5 heteroatoms. The van der Waals surface area contributed by atoms with E-state index in [2.05, 4.69) is 159 Å². The minimum absolute atomic E-state index is 0.797. The van der Waals surface area contributed by atoms with Crippen molar-refractivity contribution < 1.29 is 0 Å². The molecule has 236 valence electrons. The maximum absolute atomic E-state index is 4.72. The Hall–Kier alpha value is -6.07.